The van der Waals surface area contributed by atoms with Gasteiger partial charge < -0.3 is 15.0 Å². The number of rotatable bonds is 13. The Morgan fingerprint density at radius 1 is 1.08 bits per heavy atom. The van der Waals surface area contributed by atoms with Gasteiger partial charge in [-0.1, -0.05) is 36.2 Å². The molecular weight excluding hydrogens is 525 g/mol. The molecule has 0 saturated carbocycles. The minimum atomic E-state index is -3.58. The van der Waals surface area contributed by atoms with Crippen molar-refractivity contribution in [2.24, 2.45) is 0 Å². The fourth-order valence-corrected chi connectivity index (χ4v) is 5.23. The highest BCUT2D eigenvalue weighted by Gasteiger charge is 2.29. The molecule has 0 aliphatic carbocycles. The highest BCUT2D eigenvalue weighted by molar-refractivity contribution is 7.92. The third-order valence-electron chi connectivity index (χ3n) is 5.61. The van der Waals surface area contributed by atoms with Crippen molar-refractivity contribution >= 4 is 50.7 Å². The lowest BCUT2D eigenvalue weighted by molar-refractivity contribution is -0.141. The number of benzene rings is 2. The van der Waals surface area contributed by atoms with Crippen molar-refractivity contribution in [3.8, 4) is 5.75 Å². The van der Waals surface area contributed by atoms with Crippen molar-refractivity contribution in [2.75, 3.05) is 30.8 Å². The molecule has 0 aromatic heterocycles. The van der Waals surface area contributed by atoms with Crippen LogP contribution in [0.2, 0.25) is 10.0 Å². The van der Waals surface area contributed by atoms with Gasteiger partial charge in [0.15, 0.2) is 0 Å². The number of hydrogen-bond acceptors (Lipinski definition) is 5. The number of nitrogens with zero attached hydrogens (tertiary/aromatic N) is 2. The fraction of sp³-hybridized carbons (Fsp3) is 0.440. The minimum absolute atomic E-state index is 0.0449. The van der Waals surface area contributed by atoms with Gasteiger partial charge in [0.25, 0.3) is 0 Å². The molecule has 0 aliphatic rings. The Labute approximate surface area is 223 Å². The second-order valence-corrected chi connectivity index (χ2v) is 11.0. The van der Waals surface area contributed by atoms with Crippen molar-refractivity contribution in [1.82, 2.24) is 10.2 Å². The molecule has 2 aromatic rings. The Morgan fingerprint density at radius 3 is 2.28 bits per heavy atom. The van der Waals surface area contributed by atoms with E-state index < -0.39 is 16.1 Å². The maximum absolute atomic E-state index is 13.4. The van der Waals surface area contributed by atoms with Gasteiger partial charge in [-0.25, -0.2) is 8.42 Å². The average molecular weight is 559 g/mol. The summed E-state index contributed by atoms with van der Waals surface area (Å²) >= 11 is 12.4. The second kappa shape index (κ2) is 13.7. The van der Waals surface area contributed by atoms with Crippen LogP contribution in [0.1, 0.15) is 38.7 Å². The number of nitrogens with one attached hydrogen (secondary N) is 1. The number of ether oxygens (including phenoxy) is 1. The van der Waals surface area contributed by atoms with Gasteiger partial charge in [0.05, 0.1) is 19.1 Å². The highest BCUT2D eigenvalue weighted by atomic mass is 35.5. The van der Waals surface area contributed by atoms with Crippen LogP contribution in [-0.4, -0.2) is 57.6 Å². The van der Waals surface area contributed by atoms with E-state index in [0.29, 0.717) is 40.0 Å². The minimum Gasteiger partial charge on any atom is -0.497 e. The molecule has 0 bridgehead atoms. The van der Waals surface area contributed by atoms with E-state index in [1.54, 1.807) is 42.5 Å². The molecule has 2 aromatic carbocycles. The Balaban J connectivity index is 2.22. The average Bonchev–Trinajstić information content (AvgIpc) is 2.82. The first-order valence-corrected chi connectivity index (χ1v) is 14.2. The van der Waals surface area contributed by atoms with Crippen LogP contribution in [0.4, 0.5) is 5.69 Å². The summed E-state index contributed by atoms with van der Waals surface area (Å²) in [7, 11) is -2.05. The molecule has 0 fully saturated rings. The smallest absolute Gasteiger partial charge is 0.242 e. The third kappa shape index (κ3) is 8.28. The molecule has 8 nitrogen and oxygen atoms in total. The lowest BCUT2D eigenvalue weighted by atomic mass is 10.1. The van der Waals surface area contributed by atoms with Gasteiger partial charge in [0.2, 0.25) is 21.8 Å². The SMILES string of the molecule is CCNC(=O)[C@@H](CC)N(Cc1ccc(Cl)cc1Cl)C(=O)CCCN(c1ccc(OC)cc1)S(C)(=O)=O. The predicted octanol–water partition coefficient (Wildman–Crippen LogP) is 4.49. The van der Waals surface area contributed by atoms with E-state index in [0.717, 1.165) is 6.26 Å². The van der Waals surface area contributed by atoms with Gasteiger partial charge in [-0.2, -0.15) is 0 Å². The standard InChI is InChI=1S/C25H33Cl2N3O5S/c1-5-23(25(32)28-6-2)29(17-18-9-10-19(26)16-22(18)27)24(31)8-7-15-30(36(4,33)34)20-11-13-21(35-3)14-12-20/h9-14,16,23H,5-8,15,17H2,1-4H3,(H,28,32)/t23-/m1/s1. The van der Waals surface area contributed by atoms with Crippen molar-refractivity contribution in [3.05, 3.63) is 58.1 Å². The van der Waals surface area contributed by atoms with Crippen molar-refractivity contribution in [3.63, 3.8) is 0 Å². The largest absolute Gasteiger partial charge is 0.497 e. The topological polar surface area (TPSA) is 96.0 Å². The Kier molecular flexibility index (Phi) is 11.3. The summed E-state index contributed by atoms with van der Waals surface area (Å²) in [4.78, 5) is 27.6. The molecule has 11 heteroatoms. The van der Waals surface area contributed by atoms with Crippen molar-refractivity contribution in [1.29, 1.82) is 0 Å². The molecule has 0 saturated heterocycles. The van der Waals surface area contributed by atoms with Gasteiger partial charge in [-0.05, 0) is 61.7 Å². The first kappa shape index (κ1) is 29.7. The monoisotopic (exact) mass is 557 g/mol. The fourth-order valence-electron chi connectivity index (χ4n) is 3.80. The molecular formula is C25H33Cl2N3O5S. The molecule has 2 rings (SSSR count). The number of likely N-dealkylation sites (N-methyl/N-ethyl adjacent to an activating group) is 1. The van der Waals surface area contributed by atoms with E-state index in [-0.39, 0.29) is 37.7 Å². The summed E-state index contributed by atoms with van der Waals surface area (Å²) in [5, 5.41) is 3.65. The molecule has 1 N–H and O–H groups in total. The number of carbonyl (C=O) groups excluding carboxylic acids is 2. The van der Waals surface area contributed by atoms with E-state index >= 15 is 0 Å². The zero-order valence-electron chi connectivity index (χ0n) is 21.0. The van der Waals surface area contributed by atoms with Crippen molar-refractivity contribution in [2.45, 2.75) is 45.7 Å². The summed E-state index contributed by atoms with van der Waals surface area (Å²) in [5.41, 5.74) is 1.14. The molecule has 0 radical (unpaired) electrons. The predicted molar refractivity (Wildman–Crippen MR) is 144 cm³/mol. The number of anilines is 1. The molecule has 0 unspecified atom stereocenters. The van der Waals surface area contributed by atoms with Crippen LogP contribution in [-0.2, 0) is 26.2 Å². The highest BCUT2D eigenvalue weighted by Crippen LogP contribution is 2.25. The summed E-state index contributed by atoms with van der Waals surface area (Å²) < 4.78 is 31.3. The quantitative estimate of drug-likeness (QED) is 0.391. The van der Waals surface area contributed by atoms with E-state index in [4.69, 9.17) is 27.9 Å². The summed E-state index contributed by atoms with van der Waals surface area (Å²) in [5.74, 6) is 0.0755. The molecule has 0 spiro atoms. The molecule has 2 amide bonds. The van der Waals surface area contributed by atoms with E-state index in [2.05, 4.69) is 5.32 Å². The van der Waals surface area contributed by atoms with Gasteiger partial charge in [-0.3, -0.25) is 13.9 Å². The van der Waals surface area contributed by atoms with Gasteiger partial charge in [0.1, 0.15) is 11.8 Å². The number of halogens is 2. The van der Waals surface area contributed by atoms with Crippen LogP contribution in [0.25, 0.3) is 0 Å². The number of hydrogen-bond donors (Lipinski definition) is 1. The summed E-state index contributed by atoms with van der Waals surface area (Å²) in [6.45, 7) is 4.30. The van der Waals surface area contributed by atoms with Crippen LogP contribution in [0, 0.1) is 0 Å². The first-order valence-electron chi connectivity index (χ1n) is 11.6. The normalized spacial score (nSPS) is 12.1. The Bertz CT molecular complexity index is 1140. The third-order valence-corrected chi connectivity index (χ3v) is 7.39. The molecule has 36 heavy (non-hydrogen) atoms. The van der Waals surface area contributed by atoms with Crippen LogP contribution in [0.5, 0.6) is 5.75 Å². The maximum Gasteiger partial charge on any atom is 0.242 e. The molecule has 198 valence electrons. The molecule has 0 heterocycles. The lowest BCUT2D eigenvalue weighted by Gasteiger charge is -2.31. The van der Waals surface area contributed by atoms with Gasteiger partial charge in [0, 0.05) is 36.1 Å². The number of methoxy groups -OCH3 is 1. The van der Waals surface area contributed by atoms with Crippen LogP contribution < -0.4 is 14.4 Å². The number of amides is 2. The second-order valence-electron chi connectivity index (χ2n) is 8.21. The summed E-state index contributed by atoms with van der Waals surface area (Å²) in [6.07, 6.45) is 1.83. The first-order chi connectivity index (χ1) is 17.0. The van der Waals surface area contributed by atoms with Crippen LogP contribution in [0.3, 0.4) is 0 Å². The van der Waals surface area contributed by atoms with Crippen molar-refractivity contribution < 1.29 is 22.7 Å². The van der Waals surface area contributed by atoms with Gasteiger partial charge in [-0.15, -0.1) is 0 Å². The van der Waals surface area contributed by atoms with Crippen LogP contribution in [0.15, 0.2) is 42.5 Å². The molecule has 1 atom stereocenters. The van der Waals surface area contributed by atoms with E-state index in [1.165, 1.54) is 16.3 Å². The number of sulfonamides is 1. The van der Waals surface area contributed by atoms with Gasteiger partial charge >= 0.3 is 0 Å². The van der Waals surface area contributed by atoms with E-state index in [9.17, 15) is 18.0 Å². The maximum atomic E-state index is 13.4. The summed E-state index contributed by atoms with van der Waals surface area (Å²) in [6, 6.07) is 11.0. The zero-order valence-corrected chi connectivity index (χ0v) is 23.3. The number of carbonyl (C=O) groups is 2. The zero-order chi connectivity index (χ0) is 26.9. The lowest BCUT2D eigenvalue weighted by Crippen LogP contribution is -2.49. The Hall–Kier alpha value is -2.49. The van der Waals surface area contributed by atoms with E-state index in [1.807, 2.05) is 13.8 Å². The molecule has 0 aliphatic heterocycles. The van der Waals surface area contributed by atoms with Crippen LogP contribution >= 0.6 is 23.2 Å². The Morgan fingerprint density at radius 2 is 1.75 bits per heavy atom.